The molecule has 1 aromatic heterocycles. The van der Waals surface area contributed by atoms with Crippen LogP contribution in [0.4, 0.5) is 0 Å². The van der Waals surface area contributed by atoms with Crippen molar-refractivity contribution in [3.63, 3.8) is 0 Å². The number of aromatic nitrogens is 1. The fraction of sp³-hybridized carbons (Fsp3) is 0.450. The number of methoxy groups -OCH3 is 1. The van der Waals surface area contributed by atoms with Gasteiger partial charge in [0.2, 0.25) is 0 Å². The Kier molecular flexibility index (Phi) is 5.41. The summed E-state index contributed by atoms with van der Waals surface area (Å²) in [5, 5.41) is 2.67. The normalized spacial score (nSPS) is 17.2. The van der Waals surface area contributed by atoms with E-state index in [0.29, 0.717) is 24.3 Å². The van der Waals surface area contributed by atoms with E-state index < -0.39 is 0 Å². The summed E-state index contributed by atoms with van der Waals surface area (Å²) in [6, 6.07) is 3.78. The van der Waals surface area contributed by atoms with E-state index in [1.165, 1.54) is 11.3 Å². The first-order valence-electron chi connectivity index (χ1n) is 8.81. The number of hydrogen-bond donors (Lipinski definition) is 0. The number of piperidine rings is 1. The second-order valence-corrected chi connectivity index (χ2v) is 7.91. The van der Waals surface area contributed by atoms with E-state index in [1.54, 1.807) is 17.4 Å². The molecule has 1 amide bonds. The first-order chi connectivity index (χ1) is 12.4. The topological polar surface area (TPSA) is 59.5 Å². The van der Waals surface area contributed by atoms with Gasteiger partial charge in [-0.25, -0.2) is 4.98 Å². The molecule has 0 unspecified atom stereocenters. The Morgan fingerprint density at radius 1 is 1.23 bits per heavy atom. The van der Waals surface area contributed by atoms with Crippen molar-refractivity contribution in [2.45, 2.75) is 33.6 Å². The lowest BCUT2D eigenvalue weighted by Gasteiger charge is -2.31. The average Bonchev–Trinajstić information content (AvgIpc) is 3.06. The molecule has 1 aromatic carbocycles. The largest absolute Gasteiger partial charge is 0.496 e. The van der Waals surface area contributed by atoms with Gasteiger partial charge in [0.1, 0.15) is 11.4 Å². The number of thiazole rings is 1. The Morgan fingerprint density at radius 2 is 1.92 bits per heavy atom. The van der Waals surface area contributed by atoms with Crippen LogP contribution in [0.2, 0.25) is 0 Å². The summed E-state index contributed by atoms with van der Waals surface area (Å²) < 4.78 is 5.39. The van der Waals surface area contributed by atoms with Crippen LogP contribution in [0.3, 0.4) is 0 Å². The van der Waals surface area contributed by atoms with Crippen LogP contribution in [0.15, 0.2) is 17.5 Å². The van der Waals surface area contributed by atoms with Crippen molar-refractivity contribution >= 4 is 23.0 Å². The van der Waals surface area contributed by atoms with E-state index >= 15 is 0 Å². The lowest BCUT2D eigenvalue weighted by Crippen LogP contribution is -2.42. The number of ketones is 1. The third-order valence-corrected chi connectivity index (χ3v) is 5.64. The van der Waals surface area contributed by atoms with E-state index in [9.17, 15) is 9.59 Å². The van der Waals surface area contributed by atoms with Gasteiger partial charge in [-0.15, -0.1) is 11.3 Å². The van der Waals surface area contributed by atoms with Crippen LogP contribution in [0.1, 0.15) is 49.8 Å². The van der Waals surface area contributed by atoms with Crippen molar-refractivity contribution in [2.75, 3.05) is 20.2 Å². The third-order valence-electron chi connectivity index (χ3n) is 4.87. The molecule has 2 heterocycles. The first kappa shape index (κ1) is 18.6. The predicted molar refractivity (Wildman–Crippen MR) is 102 cm³/mol. The maximum atomic E-state index is 13.0. The standard InChI is InChI=1S/C20H24N2O3S/c1-12-8-16(9-13(2)19(12)25-4)18(23)15-6-5-7-22(10-15)20(24)17-11-26-14(3)21-17/h8-9,11,15H,5-7,10H2,1-4H3/t15-/m0/s1. The molecule has 1 fully saturated rings. The lowest BCUT2D eigenvalue weighted by molar-refractivity contribution is 0.0632. The van der Waals surface area contributed by atoms with E-state index in [-0.39, 0.29) is 17.6 Å². The van der Waals surface area contributed by atoms with Gasteiger partial charge >= 0.3 is 0 Å². The number of rotatable bonds is 4. The molecule has 0 N–H and O–H groups in total. The second-order valence-electron chi connectivity index (χ2n) is 6.85. The van der Waals surface area contributed by atoms with Crippen LogP contribution in [-0.2, 0) is 0 Å². The quantitative estimate of drug-likeness (QED) is 0.766. The van der Waals surface area contributed by atoms with E-state index in [2.05, 4.69) is 4.98 Å². The van der Waals surface area contributed by atoms with Crippen LogP contribution in [0.5, 0.6) is 5.75 Å². The van der Waals surface area contributed by atoms with E-state index in [4.69, 9.17) is 4.74 Å². The molecule has 0 spiro atoms. The van der Waals surface area contributed by atoms with E-state index in [0.717, 1.165) is 34.7 Å². The van der Waals surface area contributed by atoms with Gasteiger partial charge in [0.05, 0.1) is 12.1 Å². The van der Waals surface area contributed by atoms with Crippen molar-refractivity contribution in [3.8, 4) is 5.75 Å². The number of hydrogen-bond acceptors (Lipinski definition) is 5. The molecule has 0 radical (unpaired) electrons. The summed E-state index contributed by atoms with van der Waals surface area (Å²) in [6.07, 6.45) is 1.64. The molecule has 138 valence electrons. The van der Waals surface area contributed by atoms with Crippen molar-refractivity contribution in [1.29, 1.82) is 0 Å². The number of Topliss-reactive ketones (excluding diaryl/α,β-unsaturated/α-hetero) is 1. The minimum atomic E-state index is -0.167. The molecule has 1 aliphatic rings. The highest BCUT2D eigenvalue weighted by Gasteiger charge is 2.30. The van der Waals surface area contributed by atoms with Crippen LogP contribution < -0.4 is 4.74 Å². The molecule has 1 saturated heterocycles. The van der Waals surface area contributed by atoms with Crippen molar-refractivity contribution in [2.24, 2.45) is 5.92 Å². The van der Waals surface area contributed by atoms with Gasteiger partial charge in [0.25, 0.3) is 5.91 Å². The van der Waals surface area contributed by atoms with Crippen molar-refractivity contribution in [3.05, 3.63) is 44.9 Å². The summed E-state index contributed by atoms with van der Waals surface area (Å²) in [6.45, 7) is 6.92. The molecular formula is C20H24N2O3S. The van der Waals surface area contributed by atoms with Crippen LogP contribution in [0.25, 0.3) is 0 Å². The molecule has 5 nitrogen and oxygen atoms in total. The first-order valence-corrected chi connectivity index (χ1v) is 9.69. The van der Waals surface area contributed by atoms with Gasteiger partial charge in [0.15, 0.2) is 5.78 Å². The zero-order chi connectivity index (χ0) is 18.8. The number of amides is 1. The maximum Gasteiger partial charge on any atom is 0.273 e. The summed E-state index contributed by atoms with van der Waals surface area (Å²) in [5.74, 6) is 0.681. The molecule has 3 rings (SSSR count). The lowest BCUT2D eigenvalue weighted by atomic mass is 9.88. The Morgan fingerprint density at radius 3 is 2.50 bits per heavy atom. The monoisotopic (exact) mass is 372 g/mol. The Bertz CT molecular complexity index is 820. The molecular weight excluding hydrogens is 348 g/mol. The Hall–Kier alpha value is -2.21. The Balaban J connectivity index is 1.77. The summed E-state index contributed by atoms with van der Waals surface area (Å²) >= 11 is 1.47. The average molecular weight is 372 g/mol. The molecule has 1 aliphatic heterocycles. The zero-order valence-electron chi connectivity index (χ0n) is 15.7. The Labute approximate surface area is 158 Å². The highest BCUT2D eigenvalue weighted by atomic mass is 32.1. The molecule has 0 bridgehead atoms. The second kappa shape index (κ2) is 7.58. The SMILES string of the molecule is COc1c(C)cc(C(=O)[C@H]2CCCN(C(=O)c3csc(C)n3)C2)cc1C. The number of aryl methyl sites for hydroxylation is 3. The predicted octanol–water partition coefficient (Wildman–Crippen LogP) is 3.81. The number of nitrogens with zero attached hydrogens (tertiary/aromatic N) is 2. The van der Waals surface area contributed by atoms with Gasteiger partial charge in [0, 0.05) is 30.0 Å². The minimum Gasteiger partial charge on any atom is -0.496 e. The van der Waals surface area contributed by atoms with Gasteiger partial charge in [-0.3, -0.25) is 9.59 Å². The van der Waals surface area contributed by atoms with Gasteiger partial charge in [-0.2, -0.15) is 0 Å². The molecule has 0 aliphatic carbocycles. The number of likely N-dealkylation sites (tertiary alicyclic amines) is 1. The number of benzene rings is 1. The molecule has 1 atom stereocenters. The van der Waals surface area contributed by atoms with Crippen molar-refractivity contribution in [1.82, 2.24) is 9.88 Å². The summed E-state index contributed by atoms with van der Waals surface area (Å²) in [5.41, 5.74) is 3.09. The molecule has 6 heteroatoms. The summed E-state index contributed by atoms with van der Waals surface area (Å²) in [4.78, 5) is 31.7. The van der Waals surface area contributed by atoms with Crippen LogP contribution >= 0.6 is 11.3 Å². The highest BCUT2D eigenvalue weighted by Crippen LogP contribution is 2.28. The smallest absolute Gasteiger partial charge is 0.273 e. The van der Waals surface area contributed by atoms with Gasteiger partial charge in [-0.1, -0.05) is 0 Å². The molecule has 2 aromatic rings. The summed E-state index contributed by atoms with van der Waals surface area (Å²) in [7, 11) is 1.64. The fourth-order valence-corrected chi connectivity index (χ4v) is 4.24. The van der Waals surface area contributed by atoms with Gasteiger partial charge in [-0.05, 0) is 56.9 Å². The number of carbonyl (C=O) groups excluding carboxylic acids is 2. The number of ether oxygens (including phenoxy) is 1. The van der Waals surface area contributed by atoms with Crippen molar-refractivity contribution < 1.29 is 14.3 Å². The van der Waals surface area contributed by atoms with Crippen LogP contribution in [-0.4, -0.2) is 41.8 Å². The van der Waals surface area contributed by atoms with Crippen LogP contribution in [0, 0.1) is 26.7 Å². The zero-order valence-corrected chi connectivity index (χ0v) is 16.5. The molecule has 0 saturated carbocycles. The fourth-order valence-electron chi connectivity index (χ4n) is 3.65. The maximum absolute atomic E-state index is 13.0. The third kappa shape index (κ3) is 3.65. The molecule has 26 heavy (non-hydrogen) atoms. The highest BCUT2D eigenvalue weighted by molar-refractivity contribution is 7.09. The van der Waals surface area contributed by atoms with Gasteiger partial charge < -0.3 is 9.64 Å². The minimum absolute atomic E-state index is 0.0751. The van der Waals surface area contributed by atoms with E-state index in [1.807, 2.05) is 32.9 Å². The number of carbonyl (C=O) groups is 2.